The molecule has 122 valence electrons. The molecule has 0 unspecified atom stereocenters. The lowest BCUT2D eigenvalue weighted by Crippen LogP contribution is -2.07. The third-order valence-corrected chi connectivity index (χ3v) is 4.43. The molecule has 0 spiro atoms. The van der Waals surface area contributed by atoms with Crippen molar-refractivity contribution in [3.8, 4) is 5.75 Å². The topological polar surface area (TPSA) is 61.5 Å². The van der Waals surface area contributed by atoms with Gasteiger partial charge < -0.3 is 15.2 Å². The highest BCUT2D eigenvalue weighted by Crippen LogP contribution is 2.29. The number of carbonyl (C=O) groups is 1. The smallest absolute Gasteiger partial charge is 0.310 e. The molecule has 0 fully saturated rings. The maximum atomic E-state index is 11.6. The fraction of sp³-hybridized carbons (Fsp3) is 0.278. The van der Waals surface area contributed by atoms with Gasteiger partial charge in [0.2, 0.25) is 0 Å². The Kier molecular flexibility index (Phi) is 6.35. The van der Waals surface area contributed by atoms with Gasteiger partial charge in [-0.1, -0.05) is 18.2 Å². The van der Waals surface area contributed by atoms with Crippen molar-refractivity contribution in [2.45, 2.75) is 24.0 Å². The van der Waals surface area contributed by atoms with Gasteiger partial charge in [0.1, 0.15) is 5.75 Å². The molecule has 2 N–H and O–H groups in total. The summed E-state index contributed by atoms with van der Waals surface area (Å²) in [6.45, 7) is 2.20. The molecule has 0 atom stereocenters. The molecule has 2 aromatic rings. The van der Waals surface area contributed by atoms with Crippen molar-refractivity contribution in [3.63, 3.8) is 0 Å². The van der Waals surface area contributed by atoms with Crippen LogP contribution in [0.3, 0.4) is 0 Å². The van der Waals surface area contributed by atoms with Crippen molar-refractivity contribution < 1.29 is 14.3 Å². The minimum Gasteiger partial charge on any atom is -0.497 e. The minimum absolute atomic E-state index is 0.219. The van der Waals surface area contributed by atoms with Gasteiger partial charge >= 0.3 is 5.97 Å². The first-order valence-corrected chi connectivity index (χ1v) is 8.40. The van der Waals surface area contributed by atoms with Gasteiger partial charge in [0, 0.05) is 16.3 Å². The highest BCUT2D eigenvalue weighted by atomic mass is 32.2. The highest BCUT2D eigenvalue weighted by Gasteiger charge is 2.08. The van der Waals surface area contributed by atoms with Gasteiger partial charge in [-0.2, -0.15) is 0 Å². The first-order chi connectivity index (χ1) is 11.1. The van der Waals surface area contributed by atoms with Crippen molar-refractivity contribution in [3.05, 3.63) is 53.6 Å². The Morgan fingerprint density at radius 2 is 1.83 bits per heavy atom. The van der Waals surface area contributed by atoms with E-state index in [0.717, 1.165) is 27.6 Å². The maximum Gasteiger partial charge on any atom is 0.310 e. The molecule has 4 nitrogen and oxygen atoms in total. The zero-order valence-electron chi connectivity index (χ0n) is 13.4. The third kappa shape index (κ3) is 5.21. The largest absolute Gasteiger partial charge is 0.497 e. The van der Waals surface area contributed by atoms with Crippen molar-refractivity contribution in [2.75, 3.05) is 19.5 Å². The summed E-state index contributed by atoms with van der Waals surface area (Å²) in [5.41, 5.74) is 8.85. The summed E-state index contributed by atoms with van der Waals surface area (Å²) in [6, 6.07) is 13.6. The van der Waals surface area contributed by atoms with Gasteiger partial charge in [-0.05, 0) is 42.3 Å². The van der Waals surface area contributed by atoms with E-state index in [2.05, 4.69) is 0 Å². The number of thioether (sulfide) groups is 1. The predicted molar refractivity (Wildman–Crippen MR) is 93.7 cm³/mol. The molecule has 0 aromatic heterocycles. The summed E-state index contributed by atoms with van der Waals surface area (Å²) in [7, 11) is 1.65. The summed E-state index contributed by atoms with van der Waals surface area (Å²) in [6.07, 6.45) is 0.268. The Morgan fingerprint density at radius 1 is 1.13 bits per heavy atom. The van der Waals surface area contributed by atoms with Crippen LogP contribution < -0.4 is 10.5 Å². The molecule has 0 saturated carbocycles. The second-order valence-electron chi connectivity index (χ2n) is 4.99. The van der Waals surface area contributed by atoms with E-state index in [1.54, 1.807) is 25.8 Å². The SMILES string of the molecule is CCOC(=O)Cc1ccc(N)c(SCc2ccc(OC)cc2)c1. The van der Waals surface area contributed by atoms with E-state index < -0.39 is 0 Å². The molecule has 0 aliphatic heterocycles. The Hall–Kier alpha value is -2.14. The summed E-state index contributed by atoms with van der Waals surface area (Å²) >= 11 is 1.65. The van der Waals surface area contributed by atoms with Crippen LogP contribution in [0.1, 0.15) is 18.1 Å². The summed E-state index contributed by atoms with van der Waals surface area (Å²) in [5.74, 6) is 1.43. The number of nitrogen functional groups attached to an aromatic ring is 1. The van der Waals surface area contributed by atoms with Crippen LogP contribution in [0, 0.1) is 0 Å². The highest BCUT2D eigenvalue weighted by molar-refractivity contribution is 7.98. The van der Waals surface area contributed by atoms with Crippen molar-refractivity contribution in [2.24, 2.45) is 0 Å². The normalized spacial score (nSPS) is 10.3. The van der Waals surface area contributed by atoms with E-state index in [1.165, 1.54) is 5.56 Å². The molecular weight excluding hydrogens is 310 g/mol. The van der Waals surface area contributed by atoms with E-state index in [4.69, 9.17) is 15.2 Å². The number of rotatable bonds is 7. The standard InChI is InChI=1S/C18H21NO3S/c1-3-22-18(20)11-14-6-9-16(19)17(10-14)23-12-13-4-7-15(21-2)8-5-13/h4-10H,3,11-12,19H2,1-2H3. The maximum absolute atomic E-state index is 11.6. The number of benzene rings is 2. The lowest BCUT2D eigenvalue weighted by atomic mass is 10.1. The lowest BCUT2D eigenvalue weighted by Gasteiger charge is -2.09. The van der Waals surface area contributed by atoms with Gasteiger partial charge in [0.15, 0.2) is 0 Å². The third-order valence-electron chi connectivity index (χ3n) is 3.29. The average Bonchev–Trinajstić information content (AvgIpc) is 2.56. The van der Waals surface area contributed by atoms with Gasteiger partial charge in [0.05, 0.1) is 20.1 Å². The Balaban J connectivity index is 2.01. The van der Waals surface area contributed by atoms with Crippen LogP contribution in [0.15, 0.2) is 47.4 Å². The van der Waals surface area contributed by atoms with E-state index in [-0.39, 0.29) is 12.4 Å². The predicted octanol–water partition coefficient (Wildman–Crippen LogP) is 3.68. The van der Waals surface area contributed by atoms with Crippen LogP contribution in [0.25, 0.3) is 0 Å². The molecular formula is C18H21NO3S. The molecule has 0 amide bonds. The molecule has 0 saturated heterocycles. The number of hydrogen-bond acceptors (Lipinski definition) is 5. The first-order valence-electron chi connectivity index (χ1n) is 7.42. The van der Waals surface area contributed by atoms with Crippen molar-refractivity contribution in [1.29, 1.82) is 0 Å². The Morgan fingerprint density at radius 3 is 2.48 bits per heavy atom. The Labute approximate surface area is 141 Å². The van der Waals surface area contributed by atoms with Crippen LogP contribution in [0.5, 0.6) is 5.75 Å². The van der Waals surface area contributed by atoms with Gasteiger partial charge in [-0.25, -0.2) is 0 Å². The van der Waals surface area contributed by atoms with Crippen LogP contribution in [0.2, 0.25) is 0 Å². The molecule has 0 bridgehead atoms. The molecule has 2 aromatic carbocycles. The molecule has 0 aliphatic rings. The number of carbonyl (C=O) groups excluding carboxylic acids is 1. The van der Waals surface area contributed by atoms with Gasteiger partial charge in [-0.15, -0.1) is 11.8 Å². The number of anilines is 1. The number of hydrogen-bond donors (Lipinski definition) is 1. The van der Waals surface area contributed by atoms with Crippen LogP contribution >= 0.6 is 11.8 Å². The van der Waals surface area contributed by atoms with Gasteiger partial charge in [-0.3, -0.25) is 4.79 Å². The average molecular weight is 331 g/mol. The lowest BCUT2D eigenvalue weighted by molar-refractivity contribution is -0.142. The fourth-order valence-electron chi connectivity index (χ4n) is 2.08. The molecule has 5 heteroatoms. The molecule has 0 radical (unpaired) electrons. The van der Waals surface area contributed by atoms with Crippen LogP contribution in [0.4, 0.5) is 5.69 Å². The number of ether oxygens (including phenoxy) is 2. The minimum atomic E-state index is -0.219. The summed E-state index contributed by atoms with van der Waals surface area (Å²) in [4.78, 5) is 12.6. The zero-order chi connectivity index (χ0) is 16.7. The fourth-order valence-corrected chi connectivity index (χ4v) is 3.06. The monoisotopic (exact) mass is 331 g/mol. The van der Waals surface area contributed by atoms with E-state index >= 15 is 0 Å². The Bertz CT molecular complexity index is 656. The summed E-state index contributed by atoms with van der Waals surface area (Å²) in [5, 5.41) is 0. The van der Waals surface area contributed by atoms with Crippen LogP contribution in [-0.4, -0.2) is 19.7 Å². The van der Waals surface area contributed by atoms with Crippen LogP contribution in [-0.2, 0) is 21.7 Å². The summed E-state index contributed by atoms with van der Waals surface area (Å²) < 4.78 is 10.1. The molecule has 0 aliphatic carbocycles. The van der Waals surface area contributed by atoms with Gasteiger partial charge in [0.25, 0.3) is 0 Å². The second kappa shape index (κ2) is 8.48. The molecule has 23 heavy (non-hydrogen) atoms. The van der Waals surface area contributed by atoms with E-state index in [9.17, 15) is 4.79 Å². The van der Waals surface area contributed by atoms with Crippen molar-refractivity contribution in [1.82, 2.24) is 0 Å². The van der Waals surface area contributed by atoms with Crippen molar-refractivity contribution >= 4 is 23.4 Å². The number of esters is 1. The first kappa shape index (κ1) is 17.2. The second-order valence-corrected chi connectivity index (χ2v) is 6.01. The number of methoxy groups -OCH3 is 1. The number of nitrogens with two attached hydrogens (primary N) is 1. The van der Waals surface area contributed by atoms with E-state index in [1.807, 2.05) is 42.5 Å². The quantitative estimate of drug-likeness (QED) is 0.476. The zero-order valence-corrected chi connectivity index (χ0v) is 14.2. The van der Waals surface area contributed by atoms with E-state index in [0.29, 0.717) is 6.61 Å². The molecule has 2 rings (SSSR count). The molecule has 0 heterocycles.